The fraction of sp³-hybridized carbons (Fsp3) is 0.222. The van der Waals surface area contributed by atoms with Gasteiger partial charge in [0, 0.05) is 5.69 Å². The molecule has 3 N–H and O–H groups in total. The number of halogens is 2. The van der Waals surface area contributed by atoms with Crippen LogP contribution in [0.1, 0.15) is 18.1 Å². The van der Waals surface area contributed by atoms with E-state index in [0.717, 1.165) is 6.07 Å². The third-order valence-corrected chi connectivity index (χ3v) is 3.71. The Labute approximate surface area is 143 Å². The molecular formula is C18H18F2N2O3. The molecular weight excluding hydrogens is 330 g/mol. The van der Waals surface area contributed by atoms with Gasteiger partial charge in [-0.25, -0.2) is 8.78 Å². The third-order valence-electron chi connectivity index (χ3n) is 3.71. The van der Waals surface area contributed by atoms with Gasteiger partial charge in [-0.05, 0) is 49.2 Å². The number of carbonyl (C=O) groups excluding carboxylic acids is 2. The van der Waals surface area contributed by atoms with Crippen molar-refractivity contribution < 1.29 is 23.5 Å². The number of hydrogen-bond donors (Lipinski definition) is 3. The molecule has 7 heteroatoms. The highest BCUT2D eigenvalue weighted by Gasteiger charge is 2.25. The molecule has 0 aliphatic rings. The first-order chi connectivity index (χ1) is 11.7. The van der Waals surface area contributed by atoms with Crippen LogP contribution in [0, 0.1) is 18.6 Å². The van der Waals surface area contributed by atoms with E-state index in [9.17, 15) is 23.5 Å². The summed E-state index contributed by atoms with van der Waals surface area (Å²) in [4.78, 5) is 23.8. The molecule has 1 atom stereocenters. The fourth-order valence-corrected chi connectivity index (χ4v) is 2.15. The number of amides is 2. The van der Waals surface area contributed by atoms with Crippen LogP contribution in [0.4, 0.5) is 14.5 Å². The molecule has 2 rings (SSSR count). The van der Waals surface area contributed by atoms with Crippen molar-refractivity contribution in [3.05, 3.63) is 65.2 Å². The minimum atomic E-state index is -1.49. The largest absolute Gasteiger partial charge is 0.384 e. The van der Waals surface area contributed by atoms with Gasteiger partial charge < -0.3 is 15.7 Å². The molecule has 0 aromatic heterocycles. The van der Waals surface area contributed by atoms with Crippen LogP contribution in [0.3, 0.4) is 0 Å². The molecule has 0 bridgehead atoms. The molecule has 132 valence electrons. The number of rotatable bonds is 4. The molecule has 0 spiro atoms. The molecule has 25 heavy (non-hydrogen) atoms. The summed E-state index contributed by atoms with van der Waals surface area (Å²) in [5, 5.41) is 15.0. The van der Waals surface area contributed by atoms with Crippen molar-refractivity contribution in [1.82, 2.24) is 5.32 Å². The smallest absolute Gasteiger partial charge is 0.313 e. The van der Waals surface area contributed by atoms with Crippen molar-refractivity contribution in [3.8, 4) is 0 Å². The van der Waals surface area contributed by atoms with Crippen molar-refractivity contribution >= 4 is 17.5 Å². The summed E-state index contributed by atoms with van der Waals surface area (Å²) in [6.07, 6.45) is 0. The first-order valence-corrected chi connectivity index (χ1v) is 7.53. The van der Waals surface area contributed by atoms with E-state index >= 15 is 0 Å². The quantitative estimate of drug-likeness (QED) is 0.742. The van der Waals surface area contributed by atoms with E-state index in [1.807, 2.05) is 0 Å². The minimum Gasteiger partial charge on any atom is -0.384 e. The van der Waals surface area contributed by atoms with E-state index in [2.05, 4.69) is 10.6 Å². The highest BCUT2D eigenvalue weighted by Crippen LogP contribution is 2.20. The van der Waals surface area contributed by atoms with Gasteiger partial charge in [-0.1, -0.05) is 18.2 Å². The second-order valence-electron chi connectivity index (χ2n) is 5.88. The molecule has 0 radical (unpaired) electrons. The monoisotopic (exact) mass is 348 g/mol. The standard InChI is InChI=1S/C18H18F2N2O3/c1-11-3-6-14(20)9-15(11)22-17(24)16(23)21-10-18(2,25)12-4-7-13(19)8-5-12/h3-9,25H,10H2,1-2H3,(H,21,23)(H,22,24). The first-order valence-electron chi connectivity index (χ1n) is 7.53. The summed E-state index contributed by atoms with van der Waals surface area (Å²) in [6.45, 7) is 2.83. The lowest BCUT2D eigenvalue weighted by atomic mass is 9.96. The zero-order valence-corrected chi connectivity index (χ0v) is 13.8. The van der Waals surface area contributed by atoms with Gasteiger partial charge >= 0.3 is 11.8 Å². The molecule has 0 saturated carbocycles. The SMILES string of the molecule is Cc1ccc(F)cc1NC(=O)C(=O)NCC(C)(O)c1ccc(F)cc1. The van der Waals surface area contributed by atoms with E-state index in [0.29, 0.717) is 11.1 Å². The summed E-state index contributed by atoms with van der Waals surface area (Å²) in [5.41, 5.74) is -0.319. The van der Waals surface area contributed by atoms with E-state index in [1.54, 1.807) is 6.92 Å². The zero-order valence-electron chi connectivity index (χ0n) is 13.8. The summed E-state index contributed by atoms with van der Waals surface area (Å²) < 4.78 is 26.1. The molecule has 2 aromatic carbocycles. The van der Waals surface area contributed by atoms with Crippen LogP contribution in [0.2, 0.25) is 0 Å². The Morgan fingerprint density at radius 1 is 1.04 bits per heavy atom. The molecule has 2 aromatic rings. The van der Waals surface area contributed by atoms with Gasteiger partial charge in [-0.3, -0.25) is 9.59 Å². The van der Waals surface area contributed by atoms with E-state index in [-0.39, 0.29) is 12.2 Å². The van der Waals surface area contributed by atoms with Gasteiger partial charge in [-0.15, -0.1) is 0 Å². The lowest BCUT2D eigenvalue weighted by Gasteiger charge is -2.24. The van der Waals surface area contributed by atoms with Crippen molar-refractivity contribution in [2.75, 3.05) is 11.9 Å². The number of anilines is 1. The van der Waals surface area contributed by atoms with Crippen molar-refractivity contribution in [2.24, 2.45) is 0 Å². The summed E-state index contributed by atoms with van der Waals surface area (Å²) in [5.74, 6) is -2.95. The zero-order chi connectivity index (χ0) is 18.6. The maximum atomic E-state index is 13.2. The Morgan fingerprint density at radius 3 is 2.28 bits per heavy atom. The molecule has 2 amide bonds. The van der Waals surface area contributed by atoms with E-state index in [1.165, 1.54) is 43.3 Å². The normalized spacial score (nSPS) is 13.0. The molecule has 0 saturated heterocycles. The summed E-state index contributed by atoms with van der Waals surface area (Å²) >= 11 is 0. The van der Waals surface area contributed by atoms with Crippen molar-refractivity contribution in [2.45, 2.75) is 19.4 Å². The topological polar surface area (TPSA) is 78.4 Å². The maximum absolute atomic E-state index is 13.2. The minimum absolute atomic E-state index is 0.186. The fourth-order valence-electron chi connectivity index (χ4n) is 2.15. The number of benzene rings is 2. The summed E-state index contributed by atoms with van der Waals surface area (Å²) in [6, 6.07) is 8.97. The third kappa shape index (κ3) is 4.84. The maximum Gasteiger partial charge on any atom is 0.313 e. The van der Waals surface area contributed by atoms with Crippen molar-refractivity contribution in [3.63, 3.8) is 0 Å². The number of carbonyl (C=O) groups is 2. The van der Waals surface area contributed by atoms with Gasteiger partial charge in [0.2, 0.25) is 0 Å². The Morgan fingerprint density at radius 2 is 1.64 bits per heavy atom. The number of nitrogens with one attached hydrogen (secondary N) is 2. The Kier molecular flexibility index (Phi) is 5.48. The van der Waals surface area contributed by atoms with Gasteiger partial charge in [0.1, 0.15) is 17.2 Å². The number of aryl methyl sites for hydroxylation is 1. The highest BCUT2D eigenvalue weighted by atomic mass is 19.1. The Balaban J connectivity index is 1.98. The van der Waals surface area contributed by atoms with Crippen LogP contribution in [0.5, 0.6) is 0 Å². The van der Waals surface area contributed by atoms with Crippen LogP contribution in [-0.4, -0.2) is 23.5 Å². The molecule has 0 aliphatic carbocycles. The van der Waals surface area contributed by atoms with E-state index in [4.69, 9.17) is 0 Å². The molecule has 5 nitrogen and oxygen atoms in total. The second kappa shape index (κ2) is 7.40. The van der Waals surface area contributed by atoms with Crippen LogP contribution < -0.4 is 10.6 Å². The predicted molar refractivity (Wildman–Crippen MR) is 88.7 cm³/mol. The average Bonchev–Trinajstić information content (AvgIpc) is 2.56. The molecule has 0 fully saturated rings. The van der Waals surface area contributed by atoms with Crippen LogP contribution >= 0.6 is 0 Å². The molecule has 0 heterocycles. The molecule has 0 aliphatic heterocycles. The lowest BCUT2D eigenvalue weighted by molar-refractivity contribution is -0.136. The first kappa shape index (κ1) is 18.5. The van der Waals surface area contributed by atoms with Crippen LogP contribution in [-0.2, 0) is 15.2 Å². The second-order valence-corrected chi connectivity index (χ2v) is 5.88. The Hall–Kier alpha value is -2.80. The van der Waals surface area contributed by atoms with Crippen LogP contribution in [0.25, 0.3) is 0 Å². The van der Waals surface area contributed by atoms with Gasteiger partial charge in [0.05, 0.1) is 6.54 Å². The average molecular weight is 348 g/mol. The lowest BCUT2D eigenvalue weighted by Crippen LogP contribution is -2.43. The Bertz CT molecular complexity index is 789. The highest BCUT2D eigenvalue weighted by molar-refractivity contribution is 6.39. The number of hydrogen-bond acceptors (Lipinski definition) is 3. The number of aliphatic hydroxyl groups is 1. The predicted octanol–water partition coefficient (Wildman–Crippen LogP) is 2.24. The molecule has 1 unspecified atom stereocenters. The van der Waals surface area contributed by atoms with Crippen LogP contribution in [0.15, 0.2) is 42.5 Å². The van der Waals surface area contributed by atoms with E-state index < -0.39 is 29.0 Å². The summed E-state index contributed by atoms with van der Waals surface area (Å²) in [7, 11) is 0. The van der Waals surface area contributed by atoms with Gasteiger partial charge in [0.25, 0.3) is 0 Å². The van der Waals surface area contributed by atoms with Crippen molar-refractivity contribution in [1.29, 1.82) is 0 Å². The van der Waals surface area contributed by atoms with Gasteiger partial charge in [-0.2, -0.15) is 0 Å². The van der Waals surface area contributed by atoms with Gasteiger partial charge in [0.15, 0.2) is 0 Å².